The summed E-state index contributed by atoms with van der Waals surface area (Å²) in [6.07, 6.45) is 0.785. The molecule has 0 N–H and O–H groups in total. The van der Waals surface area contributed by atoms with Gasteiger partial charge >= 0.3 is 11.5 Å². The highest BCUT2D eigenvalue weighted by atomic mass is 32.2. The van der Waals surface area contributed by atoms with Crippen molar-refractivity contribution in [3.63, 3.8) is 0 Å². The van der Waals surface area contributed by atoms with Crippen molar-refractivity contribution in [3.05, 3.63) is 59.4 Å². The Morgan fingerprint density at radius 1 is 1.03 bits per heavy atom. The van der Waals surface area contributed by atoms with Gasteiger partial charge in [0.1, 0.15) is 39.6 Å². The summed E-state index contributed by atoms with van der Waals surface area (Å²) >= 11 is -0.610. The minimum Gasteiger partial charge on any atom is -0.364 e. The van der Waals surface area contributed by atoms with Crippen LogP contribution in [0.2, 0.25) is 0 Å². The van der Waals surface area contributed by atoms with E-state index < -0.39 is 91.7 Å². The van der Waals surface area contributed by atoms with Crippen LogP contribution in [0.1, 0.15) is 10.4 Å². The van der Waals surface area contributed by atoms with Crippen molar-refractivity contribution in [1.29, 1.82) is 0 Å². The fraction of sp³-hybridized carbons (Fsp3) is 0.300. The van der Waals surface area contributed by atoms with Crippen LogP contribution in [0.5, 0.6) is 0 Å². The number of imide groups is 1. The number of sulfone groups is 1. The van der Waals surface area contributed by atoms with E-state index in [2.05, 4.69) is 0 Å². The number of benzene rings is 2. The number of hydrogen-bond donors (Lipinski definition) is 0. The molecule has 0 unspecified atom stereocenters. The van der Waals surface area contributed by atoms with E-state index in [9.17, 15) is 44.3 Å². The van der Waals surface area contributed by atoms with Crippen molar-refractivity contribution in [2.24, 2.45) is 0 Å². The first-order valence-corrected chi connectivity index (χ1v) is 12.3. The van der Waals surface area contributed by atoms with Gasteiger partial charge in [-0.15, -0.1) is 0 Å². The smallest absolute Gasteiger partial charge is 0.364 e. The van der Waals surface area contributed by atoms with Crippen molar-refractivity contribution in [2.45, 2.75) is 10.4 Å². The van der Waals surface area contributed by atoms with Gasteiger partial charge in [0.25, 0.3) is 5.91 Å². The molecule has 2 rings (SSSR count). The molecule has 0 aliphatic rings. The second kappa shape index (κ2) is 11.3. The average Bonchev–Trinajstić information content (AvgIpc) is 2.70. The number of methoxy groups -OCH3 is 1. The highest BCUT2D eigenvalue weighted by Gasteiger charge is 2.34. The number of carbonyl (C=O) groups excluding carboxylic acids is 2. The number of thioether (sulfide) groups is 1. The van der Waals surface area contributed by atoms with Crippen LogP contribution in [0.15, 0.2) is 41.3 Å². The van der Waals surface area contributed by atoms with Gasteiger partial charge in [-0.3, -0.25) is 14.6 Å². The van der Waals surface area contributed by atoms with Crippen molar-refractivity contribution in [1.82, 2.24) is 4.90 Å². The average molecular weight is 544 g/mol. The zero-order chi connectivity index (χ0) is 26.6. The van der Waals surface area contributed by atoms with Gasteiger partial charge in [0, 0.05) is 24.8 Å². The minimum atomic E-state index is -4.71. The van der Waals surface area contributed by atoms with Crippen LogP contribution >= 0.6 is 11.8 Å². The summed E-state index contributed by atoms with van der Waals surface area (Å²) in [7, 11) is -2.71. The Labute approximate surface area is 200 Å². The number of hydrogen-bond acceptors (Lipinski definition) is 6. The first-order valence-electron chi connectivity index (χ1n) is 9.44. The summed E-state index contributed by atoms with van der Waals surface area (Å²) in [5, 5.41) is 0. The minimum absolute atomic E-state index is 0.180. The molecule has 0 atom stereocenters. The molecule has 0 spiro atoms. The van der Waals surface area contributed by atoms with Gasteiger partial charge in [0.2, 0.25) is 0 Å². The molecule has 0 aliphatic carbocycles. The van der Waals surface area contributed by atoms with Gasteiger partial charge in [0.15, 0.2) is 0 Å². The maximum Gasteiger partial charge on any atom is 0.446 e. The molecule has 0 aliphatic heterocycles. The van der Waals surface area contributed by atoms with Gasteiger partial charge in [-0.25, -0.2) is 26.4 Å². The molecule has 0 radical (unpaired) electrons. The maximum atomic E-state index is 14.7. The van der Waals surface area contributed by atoms with Crippen LogP contribution in [-0.4, -0.2) is 63.2 Å². The quantitative estimate of drug-likeness (QED) is 0.278. The lowest BCUT2D eigenvalue weighted by atomic mass is 10.1. The topological polar surface area (TPSA) is 84.0 Å². The Morgan fingerprint density at radius 2 is 1.63 bits per heavy atom. The van der Waals surface area contributed by atoms with Crippen LogP contribution in [0.4, 0.5) is 36.8 Å². The highest BCUT2D eigenvalue weighted by molar-refractivity contribution is 8.00. The molecule has 0 fully saturated rings. The van der Waals surface area contributed by atoms with Crippen molar-refractivity contribution >= 4 is 39.2 Å². The van der Waals surface area contributed by atoms with E-state index >= 15 is 0 Å². The summed E-state index contributed by atoms with van der Waals surface area (Å²) in [5.74, 6) is -6.35. The zero-order valence-corrected chi connectivity index (χ0v) is 19.7. The van der Waals surface area contributed by atoms with Crippen LogP contribution in [0.25, 0.3) is 0 Å². The predicted octanol–water partition coefficient (Wildman–Crippen LogP) is 4.43. The molecule has 2 aromatic carbocycles. The van der Waals surface area contributed by atoms with Crippen molar-refractivity contribution < 1.29 is 49.1 Å². The van der Waals surface area contributed by atoms with Crippen molar-refractivity contribution in [3.8, 4) is 0 Å². The molecule has 3 amide bonds. The summed E-state index contributed by atoms with van der Waals surface area (Å²) in [6, 6.07) is 3.14. The zero-order valence-electron chi connectivity index (χ0n) is 18.1. The number of rotatable bonds is 8. The fourth-order valence-electron chi connectivity index (χ4n) is 2.78. The van der Waals surface area contributed by atoms with Gasteiger partial charge in [0.05, 0.1) is 11.4 Å². The monoisotopic (exact) mass is 544 g/mol. The number of nitrogens with zero attached hydrogens (tertiary/aromatic N) is 2. The lowest BCUT2D eigenvalue weighted by Gasteiger charge is -2.29. The molecule has 0 bridgehead atoms. The third-order valence-electron chi connectivity index (χ3n) is 4.27. The lowest BCUT2D eigenvalue weighted by molar-refractivity contribution is -0.0328. The number of urea groups is 1. The molecular formula is C20H18F6N2O5S2. The van der Waals surface area contributed by atoms with Crippen LogP contribution in [-0.2, 0) is 14.6 Å². The number of alkyl halides is 3. The molecule has 15 heteroatoms. The normalized spacial score (nSPS) is 11.9. The first kappa shape index (κ1) is 28.5. The Bertz CT molecular complexity index is 1190. The molecule has 0 saturated heterocycles. The number of halogens is 6. The third-order valence-corrected chi connectivity index (χ3v) is 5.92. The summed E-state index contributed by atoms with van der Waals surface area (Å²) in [5.41, 5.74) is -6.51. The fourth-order valence-corrected chi connectivity index (χ4v) is 3.86. The van der Waals surface area contributed by atoms with E-state index in [1.54, 1.807) is 0 Å². The molecule has 35 heavy (non-hydrogen) atoms. The van der Waals surface area contributed by atoms with Crippen LogP contribution < -0.4 is 4.90 Å². The molecule has 0 heterocycles. The van der Waals surface area contributed by atoms with Gasteiger partial charge in [-0.2, -0.15) is 13.2 Å². The van der Waals surface area contributed by atoms with E-state index in [0.29, 0.717) is 11.0 Å². The second-order valence-electron chi connectivity index (χ2n) is 6.97. The summed E-state index contributed by atoms with van der Waals surface area (Å²) < 4.78 is 109. The maximum absolute atomic E-state index is 14.7. The largest absolute Gasteiger partial charge is 0.446 e. The predicted molar refractivity (Wildman–Crippen MR) is 115 cm³/mol. The number of anilines is 1. The summed E-state index contributed by atoms with van der Waals surface area (Å²) in [6.45, 7) is -1.61. The van der Waals surface area contributed by atoms with E-state index in [0.717, 1.165) is 43.7 Å². The Hall–Kier alpha value is -2.78. The SMILES string of the molecule is COCN(C(=O)N(CCS(C)(=O)=O)C(=O)c1c(F)cccc1F)c1ccc(SC(F)(F)F)cc1F. The number of ether oxygens (including phenoxy) is 1. The van der Waals surface area contributed by atoms with E-state index in [1.807, 2.05) is 0 Å². The van der Waals surface area contributed by atoms with Crippen molar-refractivity contribution in [2.75, 3.05) is 37.3 Å². The van der Waals surface area contributed by atoms with E-state index in [1.165, 1.54) is 0 Å². The van der Waals surface area contributed by atoms with Gasteiger partial charge < -0.3 is 4.74 Å². The Balaban J connectivity index is 2.53. The molecule has 192 valence electrons. The standard InChI is InChI=1S/C20H18F6N2O5S2/c1-33-11-28(16-7-6-12(10-15(16)23)34-20(24,25)26)19(30)27(8-9-35(2,31)32)18(29)17-13(21)4-3-5-14(17)22/h3-7,10H,8-9,11H2,1-2H3. The first-order chi connectivity index (χ1) is 16.1. The number of amides is 3. The third kappa shape index (κ3) is 7.86. The second-order valence-corrected chi connectivity index (χ2v) is 10.4. The molecule has 0 aromatic heterocycles. The molecule has 2 aromatic rings. The Morgan fingerprint density at radius 3 is 2.11 bits per heavy atom. The molecule has 7 nitrogen and oxygen atoms in total. The molecule has 0 saturated carbocycles. The van der Waals surface area contributed by atoms with Gasteiger partial charge in [-0.1, -0.05) is 6.07 Å². The Kier molecular flexibility index (Phi) is 9.19. The van der Waals surface area contributed by atoms with E-state index in [4.69, 9.17) is 4.74 Å². The summed E-state index contributed by atoms with van der Waals surface area (Å²) in [4.78, 5) is 26.2. The van der Waals surface area contributed by atoms with E-state index in [-0.39, 0.29) is 4.90 Å². The molecular weight excluding hydrogens is 526 g/mol. The van der Waals surface area contributed by atoms with Gasteiger partial charge in [-0.05, 0) is 42.1 Å². The number of carbonyl (C=O) groups is 2. The van der Waals surface area contributed by atoms with Crippen LogP contribution in [0, 0.1) is 17.5 Å². The highest BCUT2D eigenvalue weighted by Crippen LogP contribution is 2.38. The van der Waals surface area contributed by atoms with Crippen LogP contribution in [0.3, 0.4) is 0 Å². The lowest BCUT2D eigenvalue weighted by Crippen LogP contribution is -2.49.